The standard InChI is InChI=1S/C29H52O5Si/c1-7-8-9-10-11-12-13-14-15-27(34-35(5,6)29(2,3)4)26-19-18-23(32-26)22-16-17-24(31-22)25-20-21-28(30)33-25/h20-27H,7-19H2,1-6H3/t22-,23-,24-,25+,26-,27-/m0/s1. The maximum Gasteiger partial charge on any atom is 0.331 e. The fourth-order valence-corrected chi connectivity index (χ4v) is 6.76. The van der Waals surface area contributed by atoms with Crippen molar-refractivity contribution in [2.75, 3.05) is 0 Å². The van der Waals surface area contributed by atoms with Crippen molar-refractivity contribution in [3.8, 4) is 0 Å². The summed E-state index contributed by atoms with van der Waals surface area (Å²) in [5.41, 5.74) is 0. The van der Waals surface area contributed by atoms with E-state index in [1.54, 1.807) is 0 Å². The molecular weight excluding hydrogens is 456 g/mol. The molecule has 5 nitrogen and oxygen atoms in total. The van der Waals surface area contributed by atoms with Crippen LogP contribution in [0.3, 0.4) is 0 Å². The van der Waals surface area contributed by atoms with E-state index in [1.807, 2.05) is 6.08 Å². The van der Waals surface area contributed by atoms with Gasteiger partial charge in [0.2, 0.25) is 0 Å². The van der Waals surface area contributed by atoms with Gasteiger partial charge in [0.05, 0.1) is 30.5 Å². The van der Waals surface area contributed by atoms with E-state index in [0.717, 1.165) is 32.1 Å². The van der Waals surface area contributed by atoms with Gasteiger partial charge < -0.3 is 18.6 Å². The van der Waals surface area contributed by atoms with E-state index in [9.17, 15) is 4.79 Å². The molecule has 0 unspecified atom stereocenters. The van der Waals surface area contributed by atoms with Crippen LogP contribution in [0.15, 0.2) is 12.2 Å². The first-order valence-corrected chi connectivity index (χ1v) is 17.4. The molecule has 0 N–H and O–H groups in total. The van der Waals surface area contributed by atoms with Crippen molar-refractivity contribution >= 4 is 14.3 Å². The highest BCUT2D eigenvalue weighted by Crippen LogP contribution is 2.41. The van der Waals surface area contributed by atoms with Crippen molar-refractivity contribution in [1.29, 1.82) is 0 Å². The maximum absolute atomic E-state index is 11.4. The largest absolute Gasteiger partial charge is 0.452 e. The third-order valence-electron chi connectivity index (χ3n) is 8.63. The van der Waals surface area contributed by atoms with Crippen LogP contribution in [0.4, 0.5) is 0 Å². The van der Waals surface area contributed by atoms with E-state index in [2.05, 4.69) is 40.8 Å². The van der Waals surface area contributed by atoms with Gasteiger partial charge in [0.1, 0.15) is 6.10 Å². The van der Waals surface area contributed by atoms with E-state index in [1.165, 1.54) is 57.4 Å². The average Bonchev–Trinajstić information content (AvgIpc) is 3.54. The first-order chi connectivity index (χ1) is 16.6. The molecule has 0 aromatic carbocycles. The van der Waals surface area contributed by atoms with E-state index in [0.29, 0.717) is 0 Å². The van der Waals surface area contributed by atoms with Gasteiger partial charge in [0.25, 0.3) is 0 Å². The molecule has 6 heteroatoms. The molecule has 0 bridgehead atoms. The Hall–Kier alpha value is -0.693. The van der Waals surface area contributed by atoms with Gasteiger partial charge in [-0.2, -0.15) is 0 Å². The molecule has 35 heavy (non-hydrogen) atoms. The van der Waals surface area contributed by atoms with Gasteiger partial charge in [-0.15, -0.1) is 0 Å². The SMILES string of the molecule is CCCCCCCCCC[C@H](O[Si](C)(C)C(C)(C)C)[C@@H]1CC[C@@H]([C@@H]2CC[C@@H]([C@H]3C=CC(=O)O3)O2)O1. The molecular formula is C29H52O5Si. The zero-order valence-electron chi connectivity index (χ0n) is 23.4. The predicted octanol–water partition coefficient (Wildman–Crippen LogP) is 7.48. The third-order valence-corrected chi connectivity index (χ3v) is 13.1. The Bertz CT molecular complexity index is 685. The molecule has 3 rings (SSSR count). The number of unbranched alkanes of at least 4 members (excludes halogenated alkanes) is 7. The Morgan fingerprint density at radius 3 is 2.14 bits per heavy atom. The van der Waals surface area contributed by atoms with Crippen LogP contribution in [-0.2, 0) is 23.4 Å². The molecule has 0 aliphatic carbocycles. The van der Waals surface area contributed by atoms with Gasteiger partial charge in [-0.1, -0.05) is 79.1 Å². The lowest BCUT2D eigenvalue weighted by atomic mass is 10.0. The highest BCUT2D eigenvalue weighted by atomic mass is 28.4. The molecule has 3 aliphatic rings. The van der Waals surface area contributed by atoms with Crippen LogP contribution in [0.25, 0.3) is 0 Å². The summed E-state index contributed by atoms with van der Waals surface area (Å²) in [6.45, 7) is 14.0. The predicted molar refractivity (Wildman–Crippen MR) is 144 cm³/mol. The Balaban J connectivity index is 1.50. The van der Waals surface area contributed by atoms with Crippen LogP contribution in [0.5, 0.6) is 0 Å². The Morgan fingerprint density at radius 2 is 1.51 bits per heavy atom. The Morgan fingerprint density at radius 1 is 0.914 bits per heavy atom. The third kappa shape index (κ3) is 8.41. The van der Waals surface area contributed by atoms with Crippen LogP contribution in [0.2, 0.25) is 18.1 Å². The van der Waals surface area contributed by atoms with Gasteiger partial charge in [0, 0.05) is 6.08 Å². The summed E-state index contributed by atoms with van der Waals surface area (Å²) in [5, 5.41) is 0.191. The monoisotopic (exact) mass is 508 g/mol. The molecule has 0 radical (unpaired) electrons. The van der Waals surface area contributed by atoms with Crippen LogP contribution in [-0.4, -0.2) is 50.9 Å². The van der Waals surface area contributed by atoms with Crippen LogP contribution in [0.1, 0.15) is 111 Å². The summed E-state index contributed by atoms with van der Waals surface area (Å²) in [6.07, 6.45) is 19.3. The van der Waals surface area contributed by atoms with E-state index < -0.39 is 8.32 Å². The number of hydrogen-bond donors (Lipinski definition) is 0. The lowest BCUT2D eigenvalue weighted by molar-refractivity contribution is -0.147. The van der Waals surface area contributed by atoms with Crippen molar-refractivity contribution in [2.45, 2.75) is 166 Å². The molecule has 6 atom stereocenters. The number of carbonyl (C=O) groups is 1. The van der Waals surface area contributed by atoms with Gasteiger partial charge in [-0.25, -0.2) is 4.79 Å². The number of carbonyl (C=O) groups excluding carboxylic acids is 1. The molecule has 202 valence electrons. The van der Waals surface area contributed by atoms with Crippen molar-refractivity contribution in [1.82, 2.24) is 0 Å². The maximum atomic E-state index is 11.4. The van der Waals surface area contributed by atoms with Crippen LogP contribution >= 0.6 is 0 Å². The number of rotatable bonds is 14. The van der Waals surface area contributed by atoms with Crippen molar-refractivity contribution in [2.24, 2.45) is 0 Å². The molecule has 3 heterocycles. The number of cyclic esters (lactones) is 1. The van der Waals surface area contributed by atoms with Crippen LogP contribution < -0.4 is 0 Å². The zero-order valence-corrected chi connectivity index (χ0v) is 24.4. The lowest BCUT2D eigenvalue weighted by Crippen LogP contribution is -2.47. The lowest BCUT2D eigenvalue weighted by Gasteiger charge is -2.41. The number of esters is 1. The normalized spacial score (nSPS) is 30.2. The summed E-state index contributed by atoms with van der Waals surface area (Å²) in [4.78, 5) is 11.4. The minimum absolute atomic E-state index is 0.0399. The quantitative estimate of drug-likeness (QED) is 0.138. The van der Waals surface area contributed by atoms with Crippen LogP contribution in [0, 0.1) is 0 Å². The highest BCUT2D eigenvalue weighted by Gasteiger charge is 2.45. The van der Waals surface area contributed by atoms with E-state index in [-0.39, 0.29) is 47.6 Å². The topological polar surface area (TPSA) is 54.0 Å². The molecule has 0 spiro atoms. The number of ether oxygens (including phenoxy) is 3. The zero-order chi connectivity index (χ0) is 25.5. The van der Waals surface area contributed by atoms with Gasteiger partial charge >= 0.3 is 5.97 Å². The molecule has 0 saturated carbocycles. The molecule has 0 aromatic heterocycles. The minimum atomic E-state index is -1.88. The molecule has 0 aromatic rings. The second-order valence-electron chi connectivity index (χ2n) is 12.5. The van der Waals surface area contributed by atoms with Gasteiger partial charge in [-0.3, -0.25) is 0 Å². The fraction of sp³-hybridized carbons (Fsp3) is 0.897. The van der Waals surface area contributed by atoms with Crippen molar-refractivity contribution in [3.05, 3.63) is 12.2 Å². The summed E-state index contributed by atoms with van der Waals surface area (Å²) in [5.74, 6) is -0.259. The summed E-state index contributed by atoms with van der Waals surface area (Å²) < 4.78 is 25.3. The first-order valence-electron chi connectivity index (χ1n) is 14.5. The summed E-state index contributed by atoms with van der Waals surface area (Å²) in [6, 6.07) is 0. The van der Waals surface area contributed by atoms with E-state index >= 15 is 0 Å². The molecule has 0 amide bonds. The second-order valence-corrected chi connectivity index (χ2v) is 17.3. The summed E-state index contributed by atoms with van der Waals surface area (Å²) >= 11 is 0. The second kappa shape index (κ2) is 13.2. The Labute approximate surface area is 215 Å². The minimum Gasteiger partial charge on any atom is -0.452 e. The number of hydrogen-bond acceptors (Lipinski definition) is 5. The molecule has 2 saturated heterocycles. The summed E-state index contributed by atoms with van der Waals surface area (Å²) in [7, 11) is -1.88. The van der Waals surface area contributed by atoms with Crippen molar-refractivity contribution in [3.63, 3.8) is 0 Å². The average molecular weight is 509 g/mol. The van der Waals surface area contributed by atoms with Gasteiger partial charge in [-0.05, 0) is 56.3 Å². The first kappa shape index (κ1) is 28.9. The smallest absolute Gasteiger partial charge is 0.331 e. The van der Waals surface area contributed by atoms with Crippen molar-refractivity contribution < 1.29 is 23.4 Å². The highest BCUT2D eigenvalue weighted by molar-refractivity contribution is 6.74. The molecule has 2 fully saturated rings. The molecule has 3 aliphatic heterocycles. The van der Waals surface area contributed by atoms with Gasteiger partial charge in [0.15, 0.2) is 8.32 Å². The fourth-order valence-electron chi connectivity index (χ4n) is 5.38. The van der Waals surface area contributed by atoms with E-state index in [4.69, 9.17) is 18.6 Å². The Kier molecular flexibility index (Phi) is 10.9.